The number of aliphatic hydroxyl groups is 1. The van der Waals surface area contributed by atoms with E-state index in [0.717, 1.165) is 6.92 Å². The lowest BCUT2D eigenvalue weighted by Crippen LogP contribution is -2.58. The maximum Gasteiger partial charge on any atom is 0.328 e. The van der Waals surface area contributed by atoms with Crippen molar-refractivity contribution in [2.45, 2.75) is 69.3 Å². The molecule has 0 rings (SSSR count). The molecule has 11 N–H and O–H groups in total. The van der Waals surface area contributed by atoms with Crippen LogP contribution >= 0.6 is 0 Å². The van der Waals surface area contributed by atoms with Crippen LogP contribution in [-0.4, -0.2) is 92.2 Å². The standard InChI is InChI=1S/C18H29N5O11/c1-7(24)14(18(33)34)23-16(31)9(3-5-13(28)29)21-17(32)10(6-11(20)25)22-15(30)8(19)2-4-12(26)27/h7-10,14,24H,2-6,19H2,1H3,(H2,20,25)(H,21,32)(H,22,30)(H,23,31)(H,26,27)(H,28,29)(H,33,34). The fourth-order valence-electron chi connectivity index (χ4n) is 2.55. The second-order valence-corrected chi connectivity index (χ2v) is 7.33. The van der Waals surface area contributed by atoms with E-state index in [1.54, 1.807) is 0 Å². The molecule has 0 fully saturated rings. The van der Waals surface area contributed by atoms with Crippen LogP contribution < -0.4 is 27.4 Å². The average molecular weight is 491 g/mol. The number of amides is 4. The lowest BCUT2D eigenvalue weighted by atomic mass is 10.1. The molecule has 34 heavy (non-hydrogen) atoms. The van der Waals surface area contributed by atoms with Crippen LogP contribution in [0.1, 0.15) is 39.0 Å². The summed E-state index contributed by atoms with van der Waals surface area (Å²) in [7, 11) is 0. The van der Waals surface area contributed by atoms with Gasteiger partial charge < -0.3 is 47.8 Å². The summed E-state index contributed by atoms with van der Waals surface area (Å²) in [6.07, 6.45) is -4.15. The van der Waals surface area contributed by atoms with E-state index < -0.39 is 97.5 Å². The average Bonchev–Trinajstić information content (AvgIpc) is 2.70. The zero-order chi connectivity index (χ0) is 26.6. The molecule has 5 atom stereocenters. The Labute approximate surface area is 193 Å². The van der Waals surface area contributed by atoms with Gasteiger partial charge in [-0.15, -0.1) is 0 Å². The first-order valence-corrected chi connectivity index (χ1v) is 9.95. The van der Waals surface area contributed by atoms with Gasteiger partial charge in [0.1, 0.15) is 12.1 Å². The van der Waals surface area contributed by atoms with Crippen molar-refractivity contribution < 1.29 is 54.0 Å². The van der Waals surface area contributed by atoms with Crippen molar-refractivity contribution in [3.63, 3.8) is 0 Å². The molecule has 0 aromatic carbocycles. The van der Waals surface area contributed by atoms with E-state index in [4.69, 9.17) is 26.8 Å². The van der Waals surface area contributed by atoms with Gasteiger partial charge in [0.05, 0.1) is 18.6 Å². The maximum absolute atomic E-state index is 12.7. The van der Waals surface area contributed by atoms with E-state index in [9.17, 15) is 38.7 Å². The highest BCUT2D eigenvalue weighted by atomic mass is 16.4. The second-order valence-electron chi connectivity index (χ2n) is 7.33. The Hall–Kier alpha value is -3.79. The lowest BCUT2D eigenvalue weighted by molar-refractivity contribution is -0.145. The molecular formula is C18H29N5O11. The van der Waals surface area contributed by atoms with Crippen molar-refractivity contribution in [2.75, 3.05) is 0 Å². The third kappa shape index (κ3) is 11.7. The molecule has 0 aliphatic heterocycles. The number of carbonyl (C=O) groups is 7. The predicted octanol–water partition coefficient (Wildman–Crippen LogP) is -4.16. The number of nitrogens with two attached hydrogens (primary N) is 2. The molecule has 0 radical (unpaired) electrons. The number of nitrogens with one attached hydrogen (secondary N) is 3. The number of carbonyl (C=O) groups excluding carboxylic acids is 4. The molecule has 0 bridgehead atoms. The number of aliphatic carboxylic acids is 3. The van der Waals surface area contributed by atoms with Gasteiger partial charge in [0.25, 0.3) is 0 Å². The maximum atomic E-state index is 12.7. The molecule has 0 spiro atoms. The Morgan fingerprint density at radius 1 is 0.765 bits per heavy atom. The van der Waals surface area contributed by atoms with Crippen molar-refractivity contribution in [2.24, 2.45) is 11.5 Å². The second kappa shape index (κ2) is 14.4. The first-order valence-electron chi connectivity index (χ1n) is 9.95. The minimum Gasteiger partial charge on any atom is -0.481 e. The Morgan fingerprint density at radius 2 is 1.24 bits per heavy atom. The van der Waals surface area contributed by atoms with Crippen LogP contribution in [0.25, 0.3) is 0 Å². The van der Waals surface area contributed by atoms with Gasteiger partial charge in [0, 0.05) is 12.8 Å². The highest BCUT2D eigenvalue weighted by molar-refractivity contribution is 5.96. The van der Waals surface area contributed by atoms with Crippen molar-refractivity contribution >= 4 is 41.5 Å². The summed E-state index contributed by atoms with van der Waals surface area (Å²) < 4.78 is 0. The summed E-state index contributed by atoms with van der Waals surface area (Å²) in [5.41, 5.74) is 10.6. The molecule has 0 heterocycles. The predicted molar refractivity (Wildman–Crippen MR) is 111 cm³/mol. The van der Waals surface area contributed by atoms with Crippen molar-refractivity contribution in [3.8, 4) is 0 Å². The minimum atomic E-state index is -1.77. The number of hydrogen-bond acceptors (Lipinski definition) is 9. The summed E-state index contributed by atoms with van der Waals surface area (Å²) in [5.74, 6) is -8.49. The van der Waals surface area contributed by atoms with E-state index in [2.05, 4.69) is 10.6 Å². The SMILES string of the molecule is CC(O)C(NC(=O)C(CCC(=O)O)NC(=O)C(CC(N)=O)NC(=O)C(N)CCC(=O)O)C(=O)O. The molecule has 192 valence electrons. The highest BCUT2D eigenvalue weighted by Crippen LogP contribution is 2.04. The molecule has 0 aromatic heterocycles. The molecule has 0 aliphatic carbocycles. The van der Waals surface area contributed by atoms with Crippen LogP contribution in [-0.2, 0) is 33.6 Å². The van der Waals surface area contributed by atoms with Crippen molar-refractivity contribution in [1.29, 1.82) is 0 Å². The fraction of sp³-hybridized carbons (Fsp3) is 0.611. The normalized spacial score (nSPS) is 15.0. The quantitative estimate of drug-likeness (QED) is 0.0993. The Morgan fingerprint density at radius 3 is 1.68 bits per heavy atom. The molecule has 4 amide bonds. The van der Waals surface area contributed by atoms with Crippen LogP contribution in [0.5, 0.6) is 0 Å². The lowest BCUT2D eigenvalue weighted by Gasteiger charge is -2.25. The summed E-state index contributed by atoms with van der Waals surface area (Å²) in [4.78, 5) is 81.4. The smallest absolute Gasteiger partial charge is 0.328 e. The molecule has 0 aliphatic rings. The molecule has 16 nitrogen and oxygen atoms in total. The number of aliphatic hydroxyl groups excluding tert-OH is 1. The van der Waals surface area contributed by atoms with Gasteiger partial charge in [-0.25, -0.2) is 4.79 Å². The summed E-state index contributed by atoms with van der Waals surface area (Å²) in [6.45, 7) is 1.08. The third-order valence-electron chi connectivity index (χ3n) is 4.37. The molecule has 5 unspecified atom stereocenters. The summed E-state index contributed by atoms with van der Waals surface area (Å²) in [6, 6.07) is -6.41. The van der Waals surface area contributed by atoms with Crippen molar-refractivity contribution in [3.05, 3.63) is 0 Å². The van der Waals surface area contributed by atoms with E-state index in [1.165, 1.54) is 0 Å². The highest BCUT2D eigenvalue weighted by Gasteiger charge is 2.32. The van der Waals surface area contributed by atoms with Gasteiger partial charge >= 0.3 is 17.9 Å². The molecular weight excluding hydrogens is 462 g/mol. The van der Waals surface area contributed by atoms with E-state index >= 15 is 0 Å². The van der Waals surface area contributed by atoms with E-state index in [0.29, 0.717) is 0 Å². The molecule has 0 saturated heterocycles. The van der Waals surface area contributed by atoms with Crippen LogP contribution in [0.2, 0.25) is 0 Å². The zero-order valence-corrected chi connectivity index (χ0v) is 18.2. The van der Waals surface area contributed by atoms with Crippen LogP contribution in [0.15, 0.2) is 0 Å². The summed E-state index contributed by atoms with van der Waals surface area (Å²) >= 11 is 0. The zero-order valence-electron chi connectivity index (χ0n) is 18.2. The third-order valence-corrected chi connectivity index (χ3v) is 4.37. The Bertz CT molecular complexity index is 801. The topological polar surface area (TPSA) is 289 Å². The number of carboxylic acids is 3. The van der Waals surface area contributed by atoms with Crippen LogP contribution in [0.4, 0.5) is 0 Å². The van der Waals surface area contributed by atoms with Gasteiger partial charge in [-0.05, 0) is 19.8 Å². The molecule has 0 saturated carbocycles. The molecule has 0 aromatic rings. The number of primary amides is 1. The monoisotopic (exact) mass is 491 g/mol. The first-order chi connectivity index (χ1) is 15.6. The van der Waals surface area contributed by atoms with Gasteiger partial charge in [-0.3, -0.25) is 28.8 Å². The van der Waals surface area contributed by atoms with E-state index in [1.807, 2.05) is 5.32 Å². The van der Waals surface area contributed by atoms with Gasteiger partial charge in [-0.1, -0.05) is 0 Å². The van der Waals surface area contributed by atoms with Gasteiger partial charge in [-0.2, -0.15) is 0 Å². The summed E-state index contributed by atoms with van der Waals surface area (Å²) in [5, 5.41) is 42.3. The van der Waals surface area contributed by atoms with Gasteiger partial charge in [0.2, 0.25) is 23.6 Å². The molecule has 16 heteroatoms. The fourth-order valence-corrected chi connectivity index (χ4v) is 2.55. The Balaban J connectivity index is 5.56. The van der Waals surface area contributed by atoms with Crippen LogP contribution in [0, 0.1) is 0 Å². The minimum absolute atomic E-state index is 0.286. The number of hydrogen-bond donors (Lipinski definition) is 9. The van der Waals surface area contributed by atoms with E-state index in [-0.39, 0.29) is 6.42 Å². The Kier molecular flexibility index (Phi) is 12.8. The largest absolute Gasteiger partial charge is 0.481 e. The van der Waals surface area contributed by atoms with Crippen molar-refractivity contribution in [1.82, 2.24) is 16.0 Å². The van der Waals surface area contributed by atoms with Gasteiger partial charge in [0.15, 0.2) is 6.04 Å². The first kappa shape index (κ1) is 30.2. The van der Waals surface area contributed by atoms with Crippen LogP contribution in [0.3, 0.4) is 0 Å². The number of carboxylic acid groups (broad SMARTS) is 3. The number of rotatable bonds is 16.